The van der Waals surface area contributed by atoms with E-state index in [1.54, 1.807) is 0 Å². The molecule has 6 nitrogen and oxygen atoms in total. The Morgan fingerprint density at radius 2 is 2.10 bits per heavy atom. The number of benzene rings is 1. The second-order valence-corrected chi connectivity index (χ2v) is 7.24. The van der Waals surface area contributed by atoms with Crippen molar-refractivity contribution in [2.75, 3.05) is 12.8 Å². The van der Waals surface area contributed by atoms with Gasteiger partial charge in [-0.15, -0.1) is 0 Å². The van der Waals surface area contributed by atoms with Crippen molar-refractivity contribution in [3.63, 3.8) is 0 Å². The average molecular weight is 322 g/mol. The molecule has 1 aromatic rings. The molecule has 112 valence electrons. The zero-order chi connectivity index (χ0) is 15.5. The predicted molar refractivity (Wildman–Crippen MR) is 76.0 cm³/mol. The third-order valence-corrected chi connectivity index (χ3v) is 5.23. The maximum absolute atomic E-state index is 13.4. The Morgan fingerprint density at radius 1 is 1.50 bits per heavy atom. The van der Waals surface area contributed by atoms with Crippen LogP contribution in [0.4, 0.5) is 10.1 Å². The zero-order valence-corrected chi connectivity index (χ0v) is 12.8. The Morgan fingerprint density at radius 3 is 2.60 bits per heavy atom. The van der Waals surface area contributed by atoms with E-state index in [4.69, 9.17) is 0 Å². The van der Waals surface area contributed by atoms with E-state index in [1.165, 1.54) is 18.7 Å². The second kappa shape index (κ2) is 6.51. The van der Waals surface area contributed by atoms with Gasteiger partial charge in [-0.3, -0.25) is 10.1 Å². The van der Waals surface area contributed by atoms with Crippen LogP contribution in [-0.4, -0.2) is 31.4 Å². The molecule has 0 aliphatic rings. The van der Waals surface area contributed by atoms with Crippen LogP contribution in [0.5, 0.6) is 0 Å². The van der Waals surface area contributed by atoms with E-state index in [-0.39, 0.29) is 22.3 Å². The van der Waals surface area contributed by atoms with Gasteiger partial charge in [-0.25, -0.2) is 13.1 Å². The number of rotatable bonds is 6. The van der Waals surface area contributed by atoms with Crippen molar-refractivity contribution in [3.05, 3.63) is 33.6 Å². The maximum Gasteiger partial charge on any atom is 0.306 e. The normalized spacial score (nSPS) is 13.2. The Labute approximate surface area is 121 Å². The third kappa shape index (κ3) is 3.90. The van der Waals surface area contributed by atoms with Crippen molar-refractivity contribution in [2.24, 2.45) is 0 Å². The minimum absolute atomic E-state index is 0.0560. The van der Waals surface area contributed by atoms with Gasteiger partial charge in [0.05, 0.1) is 9.82 Å². The molecule has 0 bridgehead atoms. The van der Waals surface area contributed by atoms with Crippen molar-refractivity contribution in [3.8, 4) is 0 Å². The minimum atomic E-state index is -3.90. The van der Waals surface area contributed by atoms with Crippen LogP contribution < -0.4 is 4.72 Å². The molecule has 0 saturated heterocycles. The Hall–Kier alpha value is -1.19. The highest BCUT2D eigenvalue weighted by Gasteiger charge is 2.24. The fourth-order valence-electron chi connectivity index (χ4n) is 1.46. The quantitative estimate of drug-likeness (QED) is 0.640. The van der Waals surface area contributed by atoms with Crippen LogP contribution in [0.1, 0.15) is 12.5 Å². The summed E-state index contributed by atoms with van der Waals surface area (Å²) in [4.78, 5) is 9.45. The largest absolute Gasteiger partial charge is 0.306 e. The first kappa shape index (κ1) is 16.9. The van der Waals surface area contributed by atoms with Gasteiger partial charge >= 0.3 is 5.69 Å². The molecular weight excluding hydrogens is 307 g/mol. The number of nitrogens with one attached hydrogen (secondary N) is 1. The minimum Gasteiger partial charge on any atom is -0.258 e. The van der Waals surface area contributed by atoms with Crippen LogP contribution in [-0.2, 0) is 10.0 Å². The molecule has 0 amide bonds. The van der Waals surface area contributed by atoms with Gasteiger partial charge in [0.25, 0.3) is 0 Å². The van der Waals surface area contributed by atoms with Crippen molar-refractivity contribution >= 4 is 27.5 Å². The summed E-state index contributed by atoms with van der Waals surface area (Å²) in [5.41, 5.74) is -0.730. The summed E-state index contributed by atoms with van der Waals surface area (Å²) in [6.45, 7) is 3.42. The van der Waals surface area contributed by atoms with Crippen LogP contribution in [0.2, 0.25) is 0 Å². The Bertz CT molecular complexity index is 619. The predicted octanol–water partition coefficient (Wildman–Crippen LogP) is 2.07. The summed E-state index contributed by atoms with van der Waals surface area (Å²) in [7, 11) is -3.90. The highest BCUT2D eigenvalue weighted by molar-refractivity contribution is 7.99. The lowest BCUT2D eigenvalue weighted by molar-refractivity contribution is -0.387. The molecule has 1 aromatic carbocycles. The topological polar surface area (TPSA) is 89.3 Å². The molecule has 0 radical (unpaired) electrons. The summed E-state index contributed by atoms with van der Waals surface area (Å²) in [6, 6.07) is 1.60. The van der Waals surface area contributed by atoms with E-state index < -0.39 is 26.5 Å². The molecule has 0 fully saturated rings. The van der Waals surface area contributed by atoms with Crippen LogP contribution in [0, 0.1) is 22.9 Å². The van der Waals surface area contributed by atoms with Gasteiger partial charge in [-0.1, -0.05) is 6.92 Å². The molecule has 9 heteroatoms. The van der Waals surface area contributed by atoms with Crippen molar-refractivity contribution < 1.29 is 17.7 Å². The summed E-state index contributed by atoms with van der Waals surface area (Å²) in [5, 5.41) is 10.7. The lowest BCUT2D eigenvalue weighted by Gasteiger charge is -2.12. The summed E-state index contributed by atoms with van der Waals surface area (Å²) in [5.74, 6) is -1.05. The first-order chi connectivity index (χ1) is 9.19. The number of aryl methyl sites for hydroxylation is 1. The number of halogens is 1. The molecule has 1 N–H and O–H groups in total. The van der Waals surface area contributed by atoms with E-state index in [1.807, 2.05) is 13.2 Å². The first-order valence-electron chi connectivity index (χ1n) is 5.66. The SMILES string of the molecule is CSC(C)CNS(=O)(=O)c1cc([N+](=O)[O-])c(F)cc1C. The molecule has 20 heavy (non-hydrogen) atoms. The van der Waals surface area contributed by atoms with Gasteiger partial charge in [-0.2, -0.15) is 16.2 Å². The average Bonchev–Trinajstić information content (AvgIpc) is 2.35. The molecule has 0 spiro atoms. The number of thioether (sulfide) groups is 1. The highest BCUT2D eigenvalue weighted by Crippen LogP contribution is 2.25. The fraction of sp³-hybridized carbons (Fsp3) is 0.455. The Balaban J connectivity index is 3.18. The maximum atomic E-state index is 13.4. The molecule has 1 unspecified atom stereocenters. The number of hydrogen-bond donors (Lipinski definition) is 1. The van der Waals surface area contributed by atoms with E-state index >= 15 is 0 Å². The van der Waals surface area contributed by atoms with Gasteiger partial charge in [-0.05, 0) is 24.8 Å². The van der Waals surface area contributed by atoms with Gasteiger partial charge in [0.2, 0.25) is 15.8 Å². The summed E-state index contributed by atoms with van der Waals surface area (Å²) >= 11 is 1.48. The molecule has 0 saturated carbocycles. The number of nitro groups is 1. The number of nitrogens with zero attached hydrogens (tertiary/aromatic N) is 1. The molecule has 0 aromatic heterocycles. The van der Waals surface area contributed by atoms with Crippen LogP contribution in [0.25, 0.3) is 0 Å². The lowest BCUT2D eigenvalue weighted by Crippen LogP contribution is -2.30. The Kier molecular flexibility index (Phi) is 5.49. The van der Waals surface area contributed by atoms with Crippen LogP contribution in [0.15, 0.2) is 17.0 Å². The third-order valence-electron chi connectivity index (χ3n) is 2.69. The van der Waals surface area contributed by atoms with E-state index in [0.29, 0.717) is 0 Å². The lowest BCUT2D eigenvalue weighted by atomic mass is 10.2. The molecule has 0 aliphatic carbocycles. The van der Waals surface area contributed by atoms with Gasteiger partial charge in [0.15, 0.2) is 0 Å². The van der Waals surface area contributed by atoms with Crippen molar-refractivity contribution in [1.82, 2.24) is 4.72 Å². The van der Waals surface area contributed by atoms with Gasteiger partial charge < -0.3 is 0 Å². The highest BCUT2D eigenvalue weighted by atomic mass is 32.2. The standard InChI is InChI=1S/C11H15FN2O4S2/c1-7-4-9(12)10(14(15)16)5-11(7)20(17,18)13-6-8(2)19-3/h4-5,8,13H,6H2,1-3H3. The number of nitro benzene ring substituents is 1. The smallest absolute Gasteiger partial charge is 0.258 e. The van der Waals surface area contributed by atoms with Gasteiger partial charge in [0.1, 0.15) is 0 Å². The molecule has 0 aliphatic heterocycles. The molecule has 0 heterocycles. The second-order valence-electron chi connectivity index (χ2n) is 4.22. The van der Waals surface area contributed by atoms with Crippen molar-refractivity contribution in [1.29, 1.82) is 0 Å². The summed E-state index contributed by atoms with van der Waals surface area (Å²) < 4.78 is 39.9. The summed E-state index contributed by atoms with van der Waals surface area (Å²) in [6.07, 6.45) is 1.84. The monoisotopic (exact) mass is 322 g/mol. The van der Waals surface area contributed by atoms with Gasteiger partial charge in [0, 0.05) is 17.9 Å². The fourth-order valence-corrected chi connectivity index (χ4v) is 3.19. The van der Waals surface area contributed by atoms with Crippen LogP contribution >= 0.6 is 11.8 Å². The first-order valence-corrected chi connectivity index (χ1v) is 8.43. The number of sulfonamides is 1. The zero-order valence-electron chi connectivity index (χ0n) is 11.2. The van der Waals surface area contributed by atoms with E-state index in [0.717, 1.165) is 12.1 Å². The number of hydrogen-bond acceptors (Lipinski definition) is 5. The van der Waals surface area contributed by atoms with E-state index in [2.05, 4.69) is 4.72 Å². The molecule has 1 atom stereocenters. The van der Waals surface area contributed by atoms with E-state index in [9.17, 15) is 22.9 Å². The molecular formula is C11H15FN2O4S2. The molecule has 1 rings (SSSR count). The van der Waals surface area contributed by atoms with Crippen LogP contribution in [0.3, 0.4) is 0 Å². The van der Waals surface area contributed by atoms with Crippen molar-refractivity contribution in [2.45, 2.75) is 24.0 Å².